The van der Waals surface area contributed by atoms with Crippen LogP contribution in [0.1, 0.15) is 44.5 Å². The Labute approximate surface area is 182 Å². The average molecular weight is 432 g/mol. The van der Waals surface area contributed by atoms with Gasteiger partial charge < -0.3 is 9.15 Å². The van der Waals surface area contributed by atoms with E-state index in [2.05, 4.69) is 21.0 Å². The summed E-state index contributed by atoms with van der Waals surface area (Å²) in [6.45, 7) is 2.07. The van der Waals surface area contributed by atoms with E-state index in [4.69, 9.17) is 19.2 Å². The largest absolute Gasteiger partial charge is 0.464 e. The van der Waals surface area contributed by atoms with Crippen molar-refractivity contribution in [3.8, 4) is 22.1 Å². The molecule has 0 amide bonds. The van der Waals surface area contributed by atoms with Crippen molar-refractivity contribution in [3.63, 3.8) is 0 Å². The van der Waals surface area contributed by atoms with Crippen molar-refractivity contribution in [2.75, 3.05) is 0 Å². The summed E-state index contributed by atoms with van der Waals surface area (Å²) in [5.41, 5.74) is 2.53. The lowest BCUT2D eigenvalue weighted by atomic mass is 10.2. The van der Waals surface area contributed by atoms with E-state index in [1.54, 1.807) is 12.5 Å². The molecule has 0 N–H and O–H groups in total. The average Bonchev–Trinajstić information content (AvgIpc) is 3.59. The number of rotatable bonds is 5. The van der Waals surface area contributed by atoms with Crippen LogP contribution in [0, 0.1) is 0 Å². The number of furan rings is 1. The van der Waals surface area contributed by atoms with Crippen molar-refractivity contribution in [3.05, 3.63) is 48.7 Å². The van der Waals surface area contributed by atoms with Crippen LogP contribution in [0.4, 0.5) is 0 Å². The second-order valence-electron chi connectivity index (χ2n) is 7.82. The number of benzene rings is 1. The first-order valence-corrected chi connectivity index (χ1v) is 11.4. The van der Waals surface area contributed by atoms with Gasteiger partial charge in [0.05, 0.1) is 29.3 Å². The number of ether oxygens (including phenoxy) is 1. The van der Waals surface area contributed by atoms with Gasteiger partial charge in [-0.1, -0.05) is 25.8 Å². The minimum atomic E-state index is 0.382. The fourth-order valence-electron chi connectivity index (χ4n) is 4.34. The summed E-state index contributed by atoms with van der Waals surface area (Å²) in [5.74, 6) is 2.25. The molecular formula is C23H21N5O2S. The van der Waals surface area contributed by atoms with Gasteiger partial charge in [0.15, 0.2) is 11.4 Å². The Kier molecular flexibility index (Phi) is 4.45. The molecule has 0 spiro atoms. The topological polar surface area (TPSA) is 78.9 Å². The molecule has 31 heavy (non-hydrogen) atoms. The fourth-order valence-corrected chi connectivity index (χ4v) is 5.01. The lowest BCUT2D eigenvalue weighted by Crippen LogP contribution is -2.08. The highest BCUT2D eigenvalue weighted by Crippen LogP contribution is 2.42. The first-order valence-electron chi connectivity index (χ1n) is 10.6. The summed E-state index contributed by atoms with van der Waals surface area (Å²) in [6, 6.07) is 8.08. The zero-order valence-electron chi connectivity index (χ0n) is 17.1. The van der Waals surface area contributed by atoms with Crippen molar-refractivity contribution in [1.82, 2.24) is 24.1 Å². The van der Waals surface area contributed by atoms with Crippen LogP contribution in [0.2, 0.25) is 0 Å². The number of fused-ring (bicyclic) bond motifs is 2. The summed E-state index contributed by atoms with van der Waals surface area (Å²) in [7, 11) is 0. The Morgan fingerprint density at radius 1 is 1.13 bits per heavy atom. The lowest BCUT2D eigenvalue weighted by molar-refractivity contribution is 0.477. The molecule has 4 aromatic heterocycles. The van der Waals surface area contributed by atoms with Gasteiger partial charge in [-0.05, 0) is 42.6 Å². The van der Waals surface area contributed by atoms with Crippen molar-refractivity contribution in [2.45, 2.75) is 45.1 Å². The summed E-state index contributed by atoms with van der Waals surface area (Å²) >= 11 is 1.38. The summed E-state index contributed by atoms with van der Waals surface area (Å²) < 4.78 is 18.3. The number of nitrogens with zero attached hydrogens (tertiary/aromatic N) is 5. The molecule has 4 heterocycles. The van der Waals surface area contributed by atoms with E-state index < -0.39 is 0 Å². The van der Waals surface area contributed by atoms with Crippen LogP contribution >= 0.6 is 11.5 Å². The molecule has 0 atom stereocenters. The molecular weight excluding hydrogens is 410 g/mol. The molecule has 0 unspecified atom stereocenters. The first-order chi connectivity index (χ1) is 15.3. The third-order valence-corrected chi connectivity index (χ3v) is 6.70. The molecule has 156 valence electrons. The second kappa shape index (κ2) is 7.46. The van der Waals surface area contributed by atoms with Crippen LogP contribution in [0.5, 0.6) is 11.5 Å². The maximum Gasteiger partial charge on any atom is 0.167 e. The lowest BCUT2D eigenvalue weighted by Gasteiger charge is -2.10. The Morgan fingerprint density at radius 3 is 2.90 bits per heavy atom. The molecule has 7 nitrogen and oxygen atoms in total. The highest BCUT2D eigenvalue weighted by atomic mass is 32.1. The smallest absolute Gasteiger partial charge is 0.167 e. The third-order valence-electron chi connectivity index (χ3n) is 5.91. The van der Waals surface area contributed by atoms with Crippen molar-refractivity contribution in [2.24, 2.45) is 0 Å². The van der Waals surface area contributed by atoms with Gasteiger partial charge in [-0.3, -0.25) is 0 Å². The molecule has 1 saturated carbocycles. The van der Waals surface area contributed by atoms with Gasteiger partial charge in [-0.15, -0.1) is 0 Å². The normalized spacial score (nSPS) is 14.7. The van der Waals surface area contributed by atoms with E-state index in [1.807, 2.05) is 30.5 Å². The fraction of sp³-hybridized carbons (Fsp3) is 0.304. The molecule has 0 bridgehead atoms. The van der Waals surface area contributed by atoms with Crippen LogP contribution < -0.4 is 4.74 Å². The zero-order valence-corrected chi connectivity index (χ0v) is 17.9. The molecule has 1 aliphatic carbocycles. The standard InChI is InChI=1S/C23H21N5O2S/c1-2-20-24-12-16-21(27-28(23(16)26-20)14-6-3-4-7-14)22-19(13-25-31-22)30-18-9-5-8-17-15(18)10-11-29-17/h5,8-14H,2-4,6-7H2,1H3. The SMILES string of the molecule is CCc1ncc2c(-c3sncc3Oc3cccc4occc34)nn(C3CCCC3)c2n1. The van der Waals surface area contributed by atoms with E-state index in [1.165, 1.54) is 24.4 Å². The summed E-state index contributed by atoms with van der Waals surface area (Å²) in [6.07, 6.45) is 10.9. The van der Waals surface area contributed by atoms with Crippen LogP contribution in [-0.4, -0.2) is 24.1 Å². The Hall–Kier alpha value is -3.26. The molecule has 1 aromatic carbocycles. The van der Waals surface area contributed by atoms with Crippen LogP contribution in [0.15, 0.2) is 47.3 Å². The van der Waals surface area contributed by atoms with E-state index in [0.717, 1.165) is 63.4 Å². The van der Waals surface area contributed by atoms with Gasteiger partial charge in [0.25, 0.3) is 0 Å². The maximum atomic E-state index is 6.30. The molecule has 0 saturated heterocycles. The van der Waals surface area contributed by atoms with Crippen LogP contribution in [0.3, 0.4) is 0 Å². The molecule has 1 fully saturated rings. The van der Waals surface area contributed by atoms with E-state index in [9.17, 15) is 0 Å². The third kappa shape index (κ3) is 3.09. The van der Waals surface area contributed by atoms with E-state index in [-0.39, 0.29) is 0 Å². The number of aromatic nitrogens is 5. The molecule has 1 aliphatic rings. The molecule has 0 aliphatic heterocycles. The van der Waals surface area contributed by atoms with Gasteiger partial charge in [0, 0.05) is 12.6 Å². The van der Waals surface area contributed by atoms with Crippen molar-refractivity contribution in [1.29, 1.82) is 0 Å². The first kappa shape index (κ1) is 18.5. The number of hydrogen-bond acceptors (Lipinski definition) is 7. The molecule has 6 rings (SSSR count). The van der Waals surface area contributed by atoms with E-state index in [0.29, 0.717) is 11.8 Å². The van der Waals surface area contributed by atoms with E-state index >= 15 is 0 Å². The highest BCUT2D eigenvalue weighted by Gasteiger charge is 2.26. The minimum Gasteiger partial charge on any atom is -0.464 e. The summed E-state index contributed by atoms with van der Waals surface area (Å²) in [4.78, 5) is 10.3. The molecule has 0 radical (unpaired) electrons. The zero-order chi connectivity index (χ0) is 20.8. The Balaban J connectivity index is 1.47. The molecule has 5 aromatic rings. The predicted molar refractivity (Wildman–Crippen MR) is 120 cm³/mol. The van der Waals surface area contributed by atoms with Gasteiger partial charge in [0.2, 0.25) is 0 Å². The minimum absolute atomic E-state index is 0.382. The van der Waals surface area contributed by atoms with Gasteiger partial charge in [0.1, 0.15) is 27.7 Å². The van der Waals surface area contributed by atoms with Gasteiger partial charge in [-0.2, -0.15) is 9.47 Å². The second-order valence-corrected chi connectivity index (χ2v) is 8.62. The highest BCUT2D eigenvalue weighted by molar-refractivity contribution is 7.10. The maximum absolute atomic E-state index is 6.30. The summed E-state index contributed by atoms with van der Waals surface area (Å²) in [5, 5.41) is 6.90. The quantitative estimate of drug-likeness (QED) is 0.331. The predicted octanol–water partition coefficient (Wildman–Crippen LogP) is 6.17. The monoisotopic (exact) mass is 431 g/mol. The van der Waals surface area contributed by atoms with Crippen molar-refractivity contribution >= 4 is 33.5 Å². The number of aryl methyl sites for hydroxylation is 1. The Bertz CT molecular complexity index is 1380. The van der Waals surface area contributed by atoms with Gasteiger partial charge >= 0.3 is 0 Å². The van der Waals surface area contributed by atoms with Crippen molar-refractivity contribution < 1.29 is 9.15 Å². The van der Waals surface area contributed by atoms with Crippen LogP contribution in [-0.2, 0) is 6.42 Å². The molecule has 8 heteroatoms. The van der Waals surface area contributed by atoms with Gasteiger partial charge in [-0.25, -0.2) is 14.6 Å². The number of hydrogen-bond donors (Lipinski definition) is 0. The van der Waals surface area contributed by atoms with Crippen LogP contribution in [0.25, 0.3) is 32.6 Å². The Morgan fingerprint density at radius 2 is 2.03 bits per heavy atom.